The van der Waals surface area contributed by atoms with Crippen LogP contribution in [-0.4, -0.2) is 21.4 Å². The average molecular weight is 416 g/mol. The van der Waals surface area contributed by atoms with E-state index in [1.54, 1.807) is 0 Å². The standard InChI is InChI=1S/C16H20BrClN4S/c1-11-15(17)12(2)22(21-11)9-3-8-19-16(23)20-10-13-4-6-14(18)7-5-13/h4-7H,3,8-10H2,1-2H3,(H2,19,20,23). The third-order valence-corrected chi connectivity index (χ3v) is 5.18. The smallest absolute Gasteiger partial charge is 0.166 e. The lowest BCUT2D eigenvalue weighted by atomic mass is 10.2. The Hall–Kier alpha value is -1.11. The molecule has 1 aromatic heterocycles. The molecule has 0 aliphatic heterocycles. The summed E-state index contributed by atoms with van der Waals surface area (Å²) >= 11 is 14.7. The predicted molar refractivity (Wildman–Crippen MR) is 103 cm³/mol. The number of hydrogen-bond donors (Lipinski definition) is 2. The average Bonchev–Trinajstić information content (AvgIpc) is 2.78. The van der Waals surface area contributed by atoms with Crippen LogP contribution in [0.15, 0.2) is 28.7 Å². The van der Waals surface area contributed by atoms with E-state index in [-0.39, 0.29) is 0 Å². The Labute approximate surface area is 155 Å². The molecular formula is C16H20BrClN4S. The van der Waals surface area contributed by atoms with E-state index >= 15 is 0 Å². The van der Waals surface area contributed by atoms with Crippen LogP contribution < -0.4 is 10.6 Å². The summed E-state index contributed by atoms with van der Waals surface area (Å²) in [5, 5.41) is 12.3. The third-order valence-electron chi connectivity index (χ3n) is 3.49. The Morgan fingerprint density at radius 3 is 2.57 bits per heavy atom. The Kier molecular flexibility index (Phi) is 6.87. The lowest BCUT2D eigenvalue weighted by molar-refractivity contribution is 0.556. The normalized spacial score (nSPS) is 10.6. The molecule has 0 radical (unpaired) electrons. The van der Waals surface area contributed by atoms with Gasteiger partial charge >= 0.3 is 0 Å². The Morgan fingerprint density at radius 2 is 1.96 bits per heavy atom. The second-order valence-corrected chi connectivity index (χ2v) is 6.94. The van der Waals surface area contributed by atoms with Gasteiger partial charge in [-0.1, -0.05) is 23.7 Å². The van der Waals surface area contributed by atoms with Crippen LogP contribution in [0.2, 0.25) is 5.02 Å². The molecule has 0 aliphatic rings. The third kappa shape index (κ3) is 5.48. The Balaban J connectivity index is 1.66. The number of thiocarbonyl (C=S) groups is 1. The van der Waals surface area contributed by atoms with Gasteiger partial charge in [-0.15, -0.1) is 0 Å². The van der Waals surface area contributed by atoms with E-state index in [1.165, 1.54) is 0 Å². The molecule has 7 heteroatoms. The van der Waals surface area contributed by atoms with Crippen molar-refractivity contribution in [3.05, 3.63) is 50.7 Å². The molecule has 0 unspecified atom stereocenters. The molecule has 0 saturated carbocycles. The van der Waals surface area contributed by atoms with Gasteiger partial charge in [-0.05, 0) is 66.1 Å². The van der Waals surface area contributed by atoms with Gasteiger partial charge in [0.15, 0.2) is 5.11 Å². The summed E-state index contributed by atoms with van der Waals surface area (Å²) in [4.78, 5) is 0. The highest BCUT2D eigenvalue weighted by Gasteiger charge is 2.07. The SMILES string of the molecule is Cc1nn(CCCNC(=S)NCc2ccc(Cl)cc2)c(C)c1Br. The van der Waals surface area contributed by atoms with E-state index in [1.807, 2.05) is 35.9 Å². The maximum Gasteiger partial charge on any atom is 0.166 e. The molecule has 0 fully saturated rings. The zero-order valence-corrected chi connectivity index (χ0v) is 16.4. The van der Waals surface area contributed by atoms with Gasteiger partial charge in [-0.3, -0.25) is 4.68 Å². The number of hydrogen-bond acceptors (Lipinski definition) is 2. The molecule has 0 saturated heterocycles. The monoisotopic (exact) mass is 414 g/mol. The molecule has 2 aromatic rings. The number of aromatic nitrogens is 2. The largest absolute Gasteiger partial charge is 0.363 e. The fraction of sp³-hybridized carbons (Fsp3) is 0.375. The van der Waals surface area contributed by atoms with Crippen molar-refractivity contribution in [1.82, 2.24) is 20.4 Å². The van der Waals surface area contributed by atoms with Crippen LogP contribution in [0.25, 0.3) is 0 Å². The molecule has 0 bridgehead atoms. The minimum Gasteiger partial charge on any atom is -0.363 e. The molecule has 0 atom stereocenters. The van der Waals surface area contributed by atoms with E-state index in [0.29, 0.717) is 11.7 Å². The van der Waals surface area contributed by atoms with Gasteiger partial charge in [0.1, 0.15) is 0 Å². The van der Waals surface area contributed by atoms with E-state index in [9.17, 15) is 0 Å². The van der Waals surface area contributed by atoms with Crippen LogP contribution in [0.3, 0.4) is 0 Å². The second-order valence-electron chi connectivity index (χ2n) is 5.30. The van der Waals surface area contributed by atoms with Crippen molar-refractivity contribution in [2.75, 3.05) is 6.54 Å². The Morgan fingerprint density at radius 1 is 1.26 bits per heavy atom. The zero-order valence-electron chi connectivity index (χ0n) is 13.2. The highest BCUT2D eigenvalue weighted by atomic mass is 79.9. The minimum absolute atomic E-state index is 0.662. The number of aryl methyl sites for hydroxylation is 2. The van der Waals surface area contributed by atoms with Gasteiger partial charge in [0.25, 0.3) is 0 Å². The highest BCUT2D eigenvalue weighted by molar-refractivity contribution is 9.10. The summed E-state index contributed by atoms with van der Waals surface area (Å²) in [6.45, 7) is 6.43. The molecule has 2 N–H and O–H groups in total. The van der Waals surface area contributed by atoms with E-state index < -0.39 is 0 Å². The number of nitrogens with zero attached hydrogens (tertiary/aromatic N) is 2. The van der Waals surface area contributed by atoms with Crippen LogP contribution in [0.4, 0.5) is 0 Å². The van der Waals surface area contributed by atoms with Gasteiger partial charge in [0, 0.05) is 30.4 Å². The summed E-state index contributed by atoms with van der Waals surface area (Å²) in [5.74, 6) is 0. The van der Waals surface area contributed by atoms with Crippen molar-refractivity contribution in [2.45, 2.75) is 33.4 Å². The molecule has 1 heterocycles. The van der Waals surface area contributed by atoms with Crippen LogP contribution in [0.5, 0.6) is 0 Å². The fourth-order valence-electron chi connectivity index (χ4n) is 2.17. The number of nitrogens with one attached hydrogen (secondary N) is 2. The summed E-state index contributed by atoms with van der Waals surface area (Å²) in [5.41, 5.74) is 3.33. The first kappa shape index (κ1) is 18.2. The van der Waals surface area contributed by atoms with E-state index in [0.717, 1.165) is 46.0 Å². The summed E-state index contributed by atoms with van der Waals surface area (Å²) in [7, 11) is 0. The topological polar surface area (TPSA) is 41.9 Å². The van der Waals surface area contributed by atoms with Crippen molar-refractivity contribution < 1.29 is 0 Å². The maximum atomic E-state index is 5.86. The first-order valence-corrected chi connectivity index (χ1v) is 9.01. The first-order valence-electron chi connectivity index (χ1n) is 7.43. The molecule has 0 aliphatic carbocycles. The molecule has 0 spiro atoms. The van der Waals surface area contributed by atoms with Crippen molar-refractivity contribution in [3.8, 4) is 0 Å². The van der Waals surface area contributed by atoms with Crippen LogP contribution in [-0.2, 0) is 13.1 Å². The quantitative estimate of drug-likeness (QED) is 0.553. The molecular weight excluding hydrogens is 396 g/mol. The lowest BCUT2D eigenvalue weighted by Crippen LogP contribution is -2.35. The summed E-state index contributed by atoms with van der Waals surface area (Å²) in [6, 6.07) is 7.72. The van der Waals surface area contributed by atoms with Gasteiger partial charge in [-0.2, -0.15) is 5.10 Å². The van der Waals surface area contributed by atoms with Gasteiger partial charge < -0.3 is 10.6 Å². The Bertz CT molecular complexity index is 669. The van der Waals surface area contributed by atoms with Crippen LogP contribution in [0, 0.1) is 13.8 Å². The lowest BCUT2D eigenvalue weighted by Gasteiger charge is -2.11. The van der Waals surface area contributed by atoms with Crippen molar-refractivity contribution in [1.29, 1.82) is 0 Å². The van der Waals surface area contributed by atoms with Gasteiger partial charge in [0.05, 0.1) is 10.2 Å². The van der Waals surface area contributed by atoms with E-state index in [2.05, 4.69) is 38.6 Å². The molecule has 2 rings (SSSR count). The molecule has 0 amide bonds. The molecule has 4 nitrogen and oxygen atoms in total. The van der Waals surface area contributed by atoms with Gasteiger partial charge in [-0.25, -0.2) is 0 Å². The van der Waals surface area contributed by atoms with E-state index in [4.69, 9.17) is 23.8 Å². The molecule has 124 valence electrons. The minimum atomic E-state index is 0.662. The number of benzene rings is 1. The fourth-order valence-corrected chi connectivity index (χ4v) is 2.75. The second kappa shape index (κ2) is 8.66. The van der Waals surface area contributed by atoms with Gasteiger partial charge in [0.2, 0.25) is 0 Å². The highest BCUT2D eigenvalue weighted by Crippen LogP contribution is 2.19. The van der Waals surface area contributed by atoms with Crippen LogP contribution in [0.1, 0.15) is 23.4 Å². The maximum absolute atomic E-state index is 5.86. The molecule has 1 aromatic carbocycles. The summed E-state index contributed by atoms with van der Waals surface area (Å²) in [6.07, 6.45) is 0.956. The first-order chi connectivity index (χ1) is 11.0. The van der Waals surface area contributed by atoms with Crippen molar-refractivity contribution in [3.63, 3.8) is 0 Å². The van der Waals surface area contributed by atoms with Crippen molar-refractivity contribution >= 4 is 44.9 Å². The van der Waals surface area contributed by atoms with Crippen molar-refractivity contribution in [2.24, 2.45) is 0 Å². The zero-order chi connectivity index (χ0) is 16.8. The molecule has 23 heavy (non-hydrogen) atoms. The number of halogens is 2. The number of rotatable bonds is 6. The summed E-state index contributed by atoms with van der Waals surface area (Å²) < 4.78 is 3.11. The van der Waals surface area contributed by atoms with Crippen LogP contribution >= 0.6 is 39.7 Å². The predicted octanol–water partition coefficient (Wildman–Crippen LogP) is 3.97.